The Morgan fingerprint density at radius 3 is 2.19 bits per heavy atom. The molecule has 2 aromatic carbocycles. The van der Waals surface area contributed by atoms with E-state index in [1.165, 1.54) is 6.20 Å². The third-order valence-electron chi connectivity index (χ3n) is 5.79. The standard InChI is InChI=1S/C25H26N6O/c26-17-22-24(28-14-13-27-22)31-15-11-19(12-16-31)18-29-25(32)30-23(20-7-3-1-4-8-20)21-9-5-2-6-10-21/h1-10,13-14,19,23H,11-12,15-16,18H2,(H2,29,30,32). The highest BCUT2D eigenvalue weighted by atomic mass is 16.2. The van der Waals surface area contributed by atoms with Crippen LogP contribution in [-0.2, 0) is 0 Å². The van der Waals surface area contributed by atoms with Crippen molar-refractivity contribution in [3.8, 4) is 6.07 Å². The maximum Gasteiger partial charge on any atom is 0.315 e. The molecule has 0 bridgehead atoms. The average Bonchev–Trinajstić information content (AvgIpc) is 2.87. The van der Waals surface area contributed by atoms with E-state index in [0.29, 0.717) is 24.0 Å². The largest absolute Gasteiger partial charge is 0.354 e. The Kier molecular flexibility index (Phi) is 6.93. The highest BCUT2D eigenvalue weighted by Crippen LogP contribution is 2.24. The first-order valence-corrected chi connectivity index (χ1v) is 10.8. The molecule has 1 fully saturated rings. The molecule has 0 aliphatic carbocycles. The maximum absolute atomic E-state index is 12.7. The van der Waals surface area contributed by atoms with Gasteiger partial charge in [0.25, 0.3) is 0 Å². The summed E-state index contributed by atoms with van der Waals surface area (Å²) in [7, 11) is 0. The van der Waals surface area contributed by atoms with Gasteiger partial charge in [-0.15, -0.1) is 0 Å². The molecule has 4 rings (SSSR count). The van der Waals surface area contributed by atoms with Crippen molar-refractivity contribution in [3.63, 3.8) is 0 Å². The number of rotatable bonds is 6. The van der Waals surface area contributed by atoms with Gasteiger partial charge in [0.05, 0.1) is 6.04 Å². The summed E-state index contributed by atoms with van der Waals surface area (Å²) in [6, 6.07) is 21.7. The van der Waals surface area contributed by atoms with Crippen LogP contribution >= 0.6 is 0 Å². The van der Waals surface area contributed by atoms with Crippen molar-refractivity contribution in [1.82, 2.24) is 20.6 Å². The molecule has 0 radical (unpaired) electrons. The monoisotopic (exact) mass is 426 g/mol. The number of amides is 2. The summed E-state index contributed by atoms with van der Waals surface area (Å²) in [5, 5.41) is 15.4. The molecule has 0 atom stereocenters. The fourth-order valence-corrected chi connectivity index (χ4v) is 4.06. The SMILES string of the molecule is N#Cc1nccnc1N1CCC(CNC(=O)NC(c2ccccc2)c2ccccc2)CC1. The number of carbonyl (C=O) groups is 1. The first-order valence-electron chi connectivity index (χ1n) is 10.8. The van der Waals surface area contributed by atoms with Crippen LogP contribution in [0.1, 0.15) is 35.7 Å². The molecule has 0 spiro atoms. The van der Waals surface area contributed by atoms with Crippen LogP contribution in [0.3, 0.4) is 0 Å². The van der Waals surface area contributed by atoms with Crippen LogP contribution in [0.4, 0.5) is 10.6 Å². The van der Waals surface area contributed by atoms with Gasteiger partial charge in [-0.3, -0.25) is 0 Å². The second-order valence-corrected chi connectivity index (χ2v) is 7.88. The summed E-state index contributed by atoms with van der Waals surface area (Å²) in [6.07, 6.45) is 4.99. The first kappa shape index (κ1) is 21.3. The number of nitriles is 1. The molecule has 1 aromatic heterocycles. The zero-order valence-corrected chi connectivity index (χ0v) is 17.8. The molecule has 1 aliphatic rings. The molecule has 0 saturated carbocycles. The quantitative estimate of drug-likeness (QED) is 0.627. The minimum Gasteiger partial charge on any atom is -0.354 e. The van der Waals surface area contributed by atoms with E-state index in [0.717, 1.165) is 37.1 Å². The molecular formula is C25H26N6O. The summed E-state index contributed by atoms with van der Waals surface area (Å²) in [6.45, 7) is 2.19. The molecule has 3 aromatic rings. The van der Waals surface area contributed by atoms with Gasteiger partial charge in [0, 0.05) is 32.0 Å². The molecule has 2 amide bonds. The predicted octanol–water partition coefficient (Wildman–Crippen LogP) is 3.65. The zero-order valence-electron chi connectivity index (χ0n) is 17.8. The lowest BCUT2D eigenvalue weighted by molar-refractivity contribution is 0.235. The third-order valence-corrected chi connectivity index (χ3v) is 5.79. The van der Waals surface area contributed by atoms with Crippen molar-refractivity contribution in [3.05, 3.63) is 89.9 Å². The van der Waals surface area contributed by atoms with Crippen LogP contribution in [0, 0.1) is 17.2 Å². The third kappa shape index (κ3) is 5.22. The van der Waals surface area contributed by atoms with Crippen LogP contribution < -0.4 is 15.5 Å². The highest BCUT2D eigenvalue weighted by molar-refractivity contribution is 5.75. The number of aromatic nitrogens is 2. The van der Waals surface area contributed by atoms with Gasteiger partial charge in [0.1, 0.15) is 6.07 Å². The summed E-state index contributed by atoms with van der Waals surface area (Å²) in [5.74, 6) is 1.03. The summed E-state index contributed by atoms with van der Waals surface area (Å²) in [4.78, 5) is 23.2. The van der Waals surface area contributed by atoms with E-state index in [2.05, 4.69) is 31.6 Å². The van der Waals surface area contributed by atoms with E-state index in [4.69, 9.17) is 0 Å². The van der Waals surface area contributed by atoms with Crippen molar-refractivity contribution in [2.24, 2.45) is 5.92 Å². The fraction of sp³-hybridized carbons (Fsp3) is 0.280. The van der Waals surface area contributed by atoms with Gasteiger partial charge >= 0.3 is 6.03 Å². The van der Waals surface area contributed by atoms with Gasteiger partial charge in [-0.2, -0.15) is 5.26 Å². The van der Waals surface area contributed by atoms with E-state index < -0.39 is 0 Å². The van der Waals surface area contributed by atoms with E-state index in [1.54, 1.807) is 6.20 Å². The first-order chi connectivity index (χ1) is 15.7. The van der Waals surface area contributed by atoms with Crippen molar-refractivity contribution in [2.75, 3.05) is 24.5 Å². The highest BCUT2D eigenvalue weighted by Gasteiger charge is 2.23. The number of hydrogen-bond donors (Lipinski definition) is 2. The van der Waals surface area contributed by atoms with Crippen molar-refractivity contribution in [1.29, 1.82) is 5.26 Å². The lowest BCUT2D eigenvalue weighted by atomic mass is 9.96. The molecule has 2 heterocycles. The van der Waals surface area contributed by atoms with Crippen molar-refractivity contribution < 1.29 is 4.79 Å². The van der Waals surface area contributed by atoms with E-state index in [-0.39, 0.29) is 12.1 Å². The molecule has 7 heteroatoms. The van der Waals surface area contributed by atoms with Gasteiger partial charge in [0.2, 0.25) is 0 Å². The number of piperidine rings is 1. The average molecular weight is 427 g/mol. The summed E-state index contributed by atoms with van der Waals surface area (Å²) >= 11 is 0. The molecule has 1 saturated heterocycles. The Balaban J connectivity index is 1.31. The fourth-order valence-electron chi connectivity index (χ4n) is 4.06. The van der Waals surface area contributed by atoms with Gasteiger partial charge < -0.3 is 15.5 Å². The second kappa shape index (κ2) is 10.4. The van der Waals surface area contributed by atoms with Gasteiger partial charge in [-0.1, -0.05) is 60.7 Å². The number of nitrogens with one attached hydrogen (secondary N) is 2. The Morgan fingerprint density at radius 1 is 1.00 bits per heavy atom. The molecular weight excluding hydrogens is 400 g/mol. The van der Waals surface area contributed by atoms with E-state index in [1.807, 2.05) is 60.7 Å². The Labute approximate surface area is 188 Å². The smallest absolute Gasteiger partial charge is 0.315 e. The van der Waals surface area contributed by atoms with Crippen molar-refractivity contribution >= 4 is 11.8 Å². The molecule has 7 nitrogen and oxygen atoms in total. The number of hydrogen-bond acceptors (Lipinski definition) is 5. The van der Waals surface area contributed by atoms with Crippen LogP contribution in [0.15, 0.2) is 73.1 Å². The lowest BCUT2D eigenvalue weighted by Crippen LogP contribution is -2.43. The predicted molar refractivity (Wildman–Crippen MR) is 123 cm³/mol. The number of carbonyl (C=O) groups excluding carboxylic acids is 1. The molecule has 2 N–H and O–H groups in total. The Hall–Kier alpha value is -3.92. The molecule has 32 heavy (non-hydrogen) atoms. The second-order valence-electron chi connectivity index (χ2n) is 7.88. The number of urea groups is 1. The van der Waals surface area contributed by atoms with Crippen LogP contribution in [-0.4, -0.2) is 35.6 Å². The van der Waals surface area contributed by atoms with Crippen molar-refractivity contribution in [2.45, 2.75) is 18.9 Å². The molecule has 162 valence electrons. The Morgan fingerprint density at radius 2 is 1.59 bits per heavy atom. The zero-order chi connectivity index (χ0) is 22.2. The van der Waals surface area contributed by atoms with E-state index >= 15 is 0 Å². The van der Waals surface area contributed by atoms with Crippen LogP contribution in [0.2, 0.25) is 0 Å². The normalized spacial score (nSPS) is 14.1. The minimum atomic E-state index is -0.208. The number of benzene rings is 2. The molecule has 0 unspecified atom stereocenters. The molecule has 1 aliphatic heterocycles. The van der Waals surface area contributed by atoms with Crippen LogP contribution in [0.5, 0.6) is 0 Å². The van der Waals surface area contributed by atoms with Crippen LogP contribution in [0.25, 0.3) is 0 Å². The minimum absolute atomic E-state index is 0.175. The Bertz CT molecular complexity index is 1020. The lowest BCUT2D eigenvalue weighted by Gasteiger charge is -2.33. The van der Waals surface area contributed by atoms with Gasteiger partial charge in [-0.05, 0) is 29.9 Å². The summed E-state index contributed by atoms with van der Waals surface area (Å²) < 4.78 is 0. The van der Waals surface area contributed by atoms with Gasteiger partial charge in [0.15, 0.2) is 11.5 Å². The number of anilines is 1. The van der Waals surface area contributed by atoms with E-state index in [9.17, 15) is 10.1 Å². The topological polar surface area (TPSA) is 93.9 Å². The number of nitrogens with zero attached hydrogens (tertiary/aromatic N) is 4. The maximum atomic E-state index is 12.7. The van der Waals surface area contributed by atoms with Gasteiger partial charge in [-0.25, -0.2) is 14.8 Å². The summed E-state index contributed by atoms with van der Waals surface area (Å²) in [5.41, 5.74) is 2.44.